The molecular weight excluding hydrogens is 356 g/mol. The number of nitrogens with zero attached hydrogens (tertiary/aromatic N) is 2. The second-order valence-corrected chi connectivity index (χ2v) is 8.84. The van der Waals surface area contributed by atoms with Gasteiger partial charge in [-0.2, -0.15) is 0 Å². The highest BCUT2D eigenvalue weighted by molar-refractivity contribution is 5.84. The monoisotopic (exact) mass is 400 g/mol. The summed E-state index contributed by atoms with van der Waals surface area (Å²) in [4.78, 5) is 0. The number of aryl methyl sites for hydroxylation is 2. The van der Waals surface area contributed by atoms with E-state index in [9.17, 15) is 0 Å². The summed E-state index contributed by atoms with van der Waals surface area (Å²) in [5.41, 5.74) is 11.4. The van der Waals surface area contributed by atoms with Crippen LogP contribution in [-0.4, -0.2) is 15.4 Å². The van der Waals surface area contributed by atoms with E-state index in [0.717, 1.165) is 28.7 Å². The van der Waals surface area contributed by atoms with E-state index in [1.807, 2.05) is 6.92 Å². The van der Waals surface area contributed by atoms with Gasteiger partial charge in [0.05, 0.1) is 5.52 Å². The number of aromatic nitrogens is 3. The van der Waals surface area contributed by atoms with Crippen LogP contribution in [0.25, 0.3) is 11.0 Å². The van der Waals surface area contributed by atoms with Gasteiger partial charge in [-0.3, -0.25) is 5.10 Å². The van der Waals surface area contributed by atoms with Crippen molar-refractivity contribution in [3.8, 4) is 0 Å². The Hall–Kier alpha value is -1.58. The number of nitrogens with two attached hydrogens (primary N) is 1. The smallest absolute Gasteiger partial charge is 0.117 e. The topological polar surface area (TPSA) is 67.6 Å². The molecule has 0 saturated carbocycles. The van der Waals surface area contributed by atoms with Crippen molar-refractivity contribution in [3.63, 3.8) is 0 Å². The second-order valence-electron chi connectivity index (χ2n) is 8.84. The van der Waals surface area contributed by atoms with Gasteiger partial charge in [0.15, 0.2) is 0 Å². The largest absolute Gasteiger partial charge is 0.398 e. The number of hydrogen-bond acceptors (Lipinski definition) is 3. The fourth-order valence-corrected chi connectivity index (χ4v) is 4.30. The van der Waals surface area contributed by atoms with Crippen molar-refractivity contribution in [2.45, 2.75) is 123 Å². The Morgan fingerprint density at radius 2 is 1.24 bits per heavy atom. The SMILES string of the molecule is CCCCCCCCCCCCCCCCCCc1cc2[nH]nnc2c(C)c1N. The third-order valence-electron chi connectivity index (χ3n) is 6.30. The third kappa shape index (κ3) is 8.76. The van der Waals surface area contributed by atoms with Crippen LogP contribution >= 0.6 is 0 Å². The number of nitrogens with one attached hydrogen (secondary N) is 1. The fourth-order valence-electron chi connectivity index (χ4n) is 4.30. The van der Waals surface area contributed by atoms with Crippen LogP contribution in [0.15, 0.2) is 6.07 Å². The molecule has 0 fully saturated rings. The Morgan fingerprint density at radius 3 is 1.76 bits per heavy atom. The predicted octanol–water partition coefficient (Wildman–Crippen LogP) is 7.65. The minimum Gasteiger partial charge on any atom is -0.398 e. The Balaban J connectivity index is 1.41. The number of hydrogen-bond donors (Lipinski definition) is 2. The summed E-state index contributed by atoms with van der Waals surface area (Å²) in [5.74, 6) is 0. The summed E-state index contributed by atoms with van der Waals surface area (Å²) in [7, 11) is 0. The normalized spacial score (nSPS) is 11.5. The van der Waals surface area contributed by atoms with Gasteiger partial charge < -0.3 is 5.73 Å². The van der Waals surface area contributed by atoms with Crippen molar-refractivity contribution in [1.29, 1.82) is 0 Å². The first-order chi connectivity index (χ1) is 14.2. The molecule has 1 aromatic carbocycles. The van der Waals surface area contributed by atoms with Gasteiger partial charge in [0.25, 0.3) is 0 Å². The van der Waals surface area contributed by atoms with E-state index in [2.05, 4.69) is 28.4 Å². The lowest BCUT2D eigenvalue weighted by Crippen LogP contribution is -1.99. The molecule has 0 bridgehead atoms. The molecule has 164 valence electrons. The maximum Gasteiger partial charge on any atom is 0.117 e. The highest BCUT2D eigenvalue weighted by atomic mass is 15.3. The lowest BCUT2D eigenvalue weighted by Gasteiger charge is -2.09. The first-order valence-electron chi connectivity index (χ1n) is 12.3. The van der Waals surface area contributed by atoms with E-state index in [1.165, 1.54) is 108 Å². The van der Waals surface area contributed by atoms with Crippen molar-refractivity contribution in [1.82, 2.24) is 15.4 Å². The summed E-state index contributed by atoms with van der Waals surface area (Å²) in [6, 6.07) is 2.13. The van der Waals surface area contributed by atoms with Crippen molar-refractivity contribution in [2.75, 3.05) is 5.73 Å². The zero-order valence-corrected chi connectivity index (χ0v) is 19.1. The van der Waals surface area contributed by atoms with E-state index in [0.29, 0.717) is 0 Å². The van der Waals surface area contributed by atoms with Gasteiger partial charge in [0.2, 0.25) is 0 Å². The molecule has 3 N–H and O–H groups in total. The average Bonchev–Trinajstić information content (AvgIpc) is 3.20. The number of benzene rings is 1. The Labute approximate surface area is 178 Å². The molecule has 4 heteroatoms. The number of aromatic amines is 1. The molecule has 0 atom stereocenters. The Kier molecular flexibility index (Phi) is 11.8. The summed E-state index contributed by atoms with van der Waals surface area (Å²) >= 11 is 0. The predicted molar refractivity (Wildman–Crippen MR) is 126 cm³/mol. The van der Waals surface area contributed by atoms with Gasteiger partial charge in [-0.25, -0.2) is 0 Å². The summed E-state index contributed by atoms with van der Waals surface area (Å²) in [5, 5.41) is 11.0. The van der Waals surface area contributed by atoms with Gasteiger partial charge in [0.1, 0.15) is 5.52 Å². The van der Waals surface area contributed by atoms with Gasteiger partial charge in [-0.05, 0) is 31.4 Å². The van der Waals surface area contributed by atoms with Crippen LogP contribution < -0.4 is 5.73 Å². The van der Waals surface area contributed by atoms with Gasteiger partial charge >= 0.3 is 0 Å². The highest BCUT2D eigenvalue weighted by Gasteiger charge is 2.10. The zero-order valence-electron chi connectivity index (χ0n) is 19.1. The number of unbranched alkanes of at least 4 members (excludes halogenated alkanes) is 15. The first kappa shape index (κ1) is 23.7. The van der Waals surface area contributed by atoms with E-state index in [1.54, 1.807) is 0 Å². The van der Waals surface area contributed by atoms with E-state index < -0.39 is 0 Å². The van der Waals surface area contributed by atoms with Crippen LogP contribution in [0.4, 0.5) is 5.69 Å². The molecule has 0 aliphatic heterocycles. The van der Waals surface area contributed by atoms with E-state index in [-0.39, 0.29) is 0 Å². The van der Waals surface area contributed by atoms with Crippen molar-refractivity contribution < 1.29 is 0 Å². The van der Waals surface area contributed by atoms with Gasteiger partial charge in [0, 0.05) is 11.3 Å². The molecular formula is C25H44N4. The molecule has 0 unspecified atom stereocenters. The quantitative estimate of drug-likeness (QED) is 0.211. The van der Waals surface area contributed by atoms with Gasteiger partial charge in [-0.15, -0.1) is 5.10 Å². The third-order valence-corrected chi connectivity index (χ3v) is 6.30. The van der Waals surface area contributed by atoms with Crippen LogP contribution in [0.1, 0.15) is 121 Å². The first-order valence-corrected chi connectivity index (χ1v) is 12.3. The second kappa shape index (κ2) is 14.4. The van der Waals surface area contributed by atoms with Crippen LogP contribution in [0.2, 0.25) is 0 Å². The highest BCUT2D eigenvalue weighted by Crippen LogP contribution is 2.26. The lowest BCUT2D eigenvalue weighted by molar-refractivity contribution is 0.529. The fraction of sp³-hybridized carbons (Fsp3) is 0.760. The Bertz CT molecular complexity index is 677. The molecule has 4 nitrogen and oxygen atoms in total. The maximum atomic E-state index is 6.29. The molecule has 1 aromatic heterocycles. The summed E-state index contributed by atoms with van der Waals surface area (Å²) in [6.45, 7) is 4.33. The van der Waals surface area contributed by atoms with Crippen molar-refractivity contribution in [2.24, 2.45) is 0 Å². The number of H-pyrrole nitrogens is 1. The molecule has 0 radical (unpaired) electrons. The summed E-state index contributed by atoms with van der Waals surface area (Å²) < 4.78 is 0. The lowest BCUT2D eigenvalue weighted by atomic mass is 9.99. The molecule has 0 saturated heterocycles. The van der Waals surface area contributed by atoms with Crippen molar-refractivity contribution in [3.05, 3.63) is 17.2 Å². The standard InChI is InChI=1S/C25H44N4/c1-3-4-5-6-7-8-9-10-11-12-13-14-15-16-17-18-19-22-20-23-25(28-29-27-23)21(2)24(22)26/h20H,3-19,26H2,1-2H3,(H,27,28,29). The van der Waals surface area contributed by atoms with Crippen molar-refractivity contribution >= 4 is 16.7 Å². The number of anilines is 1. The van der Waals surface area contributed by atoms with E-state index >= 15 is 0 Å². The summed E-state index contributed by atoms with van der Waals surface area (Å²) in [6.07, 6.45) is 23.5. The maximum absolute atomic E-state index is 6.29. The minimum absolute atomic E-state index is 0.896. The number of fused-ring (bicyclic) bond motifs is 1. The molecule has 0 aliphatic rings. The molecule has 29 heavy (non-hydrogen) atoms. The van der Waals surface area contributed by atoms with Gasteiger partial charge in [-0.1, -0.05) is 108 Å². The molecule has 0 amide bonds. The molecule has 0 aliphatic carbocycles. The number of nitrogen functional groups attached to an aromatic ring is 1. The zero-order chi connectivity index (χ0) is 20.7. The van der Waals surface area contributed by atoms with Crippen LogP contribution in [0.3, 0.4) is 0 Å². The number of rotatable bonds is 17. The minimum atomic E-state index is 0.896. The Morgan fingerprint density at radius 1 is 0.759 bits per heavy atom. The molecule has 1 heterocycles. The molecule has 2 rings (SSSR count). The van der Waals surface area contributed by atoms with Crippen LogP contribution in [-0.2, 0) is 6.42 Å². The molecule has 2 aromatic rings. The van der Waals surface area contributed by atoms with E-state index in [4.69, 9.17) is 5.73 Å². The van der Waals surface area contributed by atoms with Crippen LogP contribution in [0, 0.1) is 6.92 Å². The molecule has 0 spiro atoms. The average molecular weight is 401 g/mol. The van der Waals surface area contributed by atoms with Crippen LogP contribution in [0.5, 0.6) is 0 Å².